The topological polar surface area (TPSA) is 30.5 Å². The van der Waals surface area contributed by atoms with Gasteiger partial charge in [-0.15, -0.1) is 0 Å². The Morgan fingerprint density at radius 3 is 2.65 bits per heavy atom. The van der Waals surface area contributed by atoms with Crippen molar-refractivity contribution in [3.8, 4) is 0 Å². The maximum absolute atomic E-state index is 6.30. The predicted molar refractivity (Wildman–Crippen MR) is 82.9 cm³/mol. The first-order chi connectivity index (χ1) is 9.56. The molecule has 4 unspecified atom stereocenters. The van der Waals surface area contributed by atoms with Crippen molar-refractivity contribution in [2.75, 3.05) is 26.9 Å². The molecule has 2 rings (SSSR count). The van der Waals surface area contributed by atoms with E-state index in [-0.39, 0.29) is 0 Å². The molecule has 1 heterocycles. The van der Waals surface area contributed by atoms with E-state index in [4.69, 9.17) is 9.47 Å². The Kier molecular flexibility index (Phi) is 5.88. The Bertz CT molecular complexity index is 287. The molecule has 4 atom stereocenters. The molecule has 0 aromatic rings. The van der Waals surface area contributed by atoms with Crippen LogP contribution in [0.3, 0.4) is 0 Å². The van der Waals surface area contributed by atoms with Crippen molar-refractivity contribution >= 4 is 0 Å². The van der Waals surface area contributed by atoms with Gasteiger partial charge in [-0.25, -0.2) is 0 Å². The molecule has 0 spiro atoms. The number of ether oxygens (including phenoxy) is 2. The molecule has 1 aliphatic carbocycles. The second-order valence-electron chi connectivity index (χ2n) is 7.35. The highest BCUT2D eigenvalue weighted by Crippen LogP contribution is 2.41. The Hall–Kier alpha value is -0.120. The van der Waals surface area contributed by atoms with Gasteiger partial charge < -0.3 is 14.8 Å². The van der Waals surface area contributed by atoms with Crippen LogP contribution in [0.4, 0.5) is 0 Å². The number of hydrogen-bond donors (Lipinski definition) is 1. The summed E-state index contributed by atoms with van der Waals surface area (Å²) in [5, 5.41) is 3.46. The van der Waals surface area contributed by atoms with Gasteiger partial charge in [0, 0.05) is 18.6 Å². The zero-order chi connectivity index (χ0) is 14.6. The number of nitrogens with one attached hydrogen (secondary N) is 1. The summed E-state index contributed by atoms with van der Waals surface area (Å²) in [5.74, 6) is 1.41. The number of rotatable bonds is 6. The van der Waals surface area contributed by atoms with Crippen molar-refractivity contribution in [1.29, 1.82) is 0 Å². The van der Waals surface area contributed by atoms with Gasteiger partial charge in [0.05, 0.1) is 19.3 Å². The van der Waals surface area contributed by atoms with Gasteiger partial charge in [0.25, 0.3) is 0 Å². The molecule has 1 N–H and O–H groups in total. The lowest BCUT2D eigenvalue weighted by atomic mass is 9.68. The fourth-order valence-electron chi connectivity index (χ4n) is 3.62. The molecule has 20 heavy (non-hydrogen) atoms. The molecule has 1 saturated heterocycles. The van der Waals surface area contributed by atoms with Crippen molar-refractivity contribution in [3.63, 3.8) is 0 Å². The smallest absolute Gasteiger partial charge is 0.0730 e. The SMILES string of the molecule is CCC(C)(C)C1CCC(NC)C(OCC2CCOC2)C1. The second kappa shape index (κ2) is 7.24. The maximum Gasteiger partial charge on any atom is 0.0730 e. The molecule has 3 heteroatoms. The quantitative estimate of drug-likeness (QED) is 0.812. The van der Waals surface area contributed by atoms with Crippen LogP contribution in [-0.4, -0.2) is 39.0 Å². The molecule has 0 aromatic carbocycles. The zero-order valence-electron chi connectivity index (χ0n) is 13.8. The Morgan fingerprint density at radius 1 is 1.25 bits per heavy atom. The lowest BCUT2D eigenvalue weighted by molar-refractivity contribution is -0.0425. The minimum absolute atomic E-state index is 0.380. The minimum Gasteiger partial charge on any atom is -0.381 e. The molecule has 2 aliphatic rings. The van der Waals surface area contributed by atoms with Gasteiger partial charge >= 0.3 is 0 Å². The van der Waals surface area contributed by atoms with E-state index in [0.29, 0.717) is 23.5 Å². The summed E-state index contributed by atoms with van der Waals surface area (Å²) in [5.41, 5.74) is 0.441. The Labute approximate surface area is 124 Å². The van der Waals surface area contributed by atoms with E-state index in [1.165, 1.54) is 32.1 Å². The average molecular weight is 283 g/mol. The fraction of sp³-hybridized carbons (Fsp3) is 1.00. The lowest BCUT2D eigenvalue weighted by Gasteiger charge is -2.43. The summed E-state index contributed by atoms with van der Waals surface area (Å²) in [6.45, 7) is 9.83. The molecular formula is C17H33NO2. The first-order valence-corrected chi connectivity index (χ1v) is 8.43. The number of likely N-dealkylation sites (N-methyl/N-ethyl adjacent to an activating group) is 1. The van der Waals surface area contributed by atoms with E-state index in [1.54, 1.807) is 0 Å². The summed E-state index contributed by atoms with van der Waals surface area (Å²) in [4.78, 5) is 0. The van der Waals surface area contributed by atoms with Crippen LogP contribution in [0.15, 0.2) is 0 Å². The molecule has 1 aliphatic heterocycles. The fourth-order valence-corrected chi connectivity index (χ4v) is 3.62. The summed E-state index contributed by atoms with van der Waals surface area (Å²) in [6, 6.07) is 0.529. The van der Waals surface area contributed by atoms with E-state index >= 15 is 0 Å². The summed E-state index contributed by atoms with van der Waals surface area (Å²) >= 11 is 0. The molecule has 118 valence electrons. The van der Waals surface area contributed by atoms with Crippen molar-refractivity contribution < 1.29 is 9.47 Å². The van der Waals surface area contributed by atoms with Gasteiger partial charge in [-0.3, -0.25) is 0 Å². The van der Waals surface area contributed by atoms with Crippen LogP contribution in [0.1, 0.15) is 52.9 Å². The highest BCUT2D eigenvalue weighted by atomic mass is 16.5. The third-order valence-electron chi connectivity index (χ3n) is 5.75. The Balaban J connectivity index is 1.88. The van der Waals surface area contributed by atoms with Gasteiger partial charge in [-0.2, -0.15) is 0 Å². The van der Waals surface area contributed by atoms with Crippen molar-refractivity contribution in [1.82, 2.24) is 5.32 Å². The van der Waals surface area contributed by atoms with Crippen molar-refractivity contribution in [2.24, 2.45) is 17.3 Å². The van der Waals surface area contributed by atoms with E-state index in [9.17, 15) is 0 Å². The predicted octanol–water partition coefficient (Wildman–Crippen LogP) is 3.23. The van der Waals surface area contributed by atoms with Gasteiger partial charge in [-0.1, -0.05) is 27.2 Å². The zero-order valence-corrected chi connectivity index (χ0v) is 13.8. The third-order valence-corrected chi connectivity index (χ3v) is 5.75. The normalized spacial score (nSPS) is 35.4. The van der Waals surface area contributed by atoms with E-state index in [0.717, 1.165) is 25.7 Å². The molecule has 0 amide bonds. The highest BCUT2D eigenvalue weighted by Gasteiger charge is 2.37. The first kappa shape index (κ1) is 16.3. The van der Waals surface area contributed by atoms with Crippen LogP contribution in [0.5, 0.6) is 0 Å². The van der Waals surface area contributed by atoms with Crippen molar-refractivity contribution in [3.05, 3.63) is 0 Å². The van der Waals surface area contributed by atoms with E-state index < -0.39 is 0 Å². The molecule has 0 aromatic heterocycles. The van der Waals surface area contributed by atoms with Gasteiger partial charge in [-0.05, 0) is 44.1 Å². The largest absolute Gasteiger partial charge is 0.381 e. The summed E-state index contributed by atoms with van der Waals surface area (Å²) in [7, 11) is 2.07. The molecular weight excluding hydrogens is 250 g/mol. The highest BCUT2D eigenvalue weighted by molar-refractivity contribution is 4.90. The van der Waals surface area contributed by atoms with Crippen LogP contribution >= 0.6 is 0 Å². The lowest BCUT2D eigenvalue weighted by Crippen LogP contribution is -2.47. The first-order valence-electron chi connectivity index (χ1n) is 8.43. The summed E-state index contributed by atoms with van der Waals surface area (Å²) < 4.78 is 11.7. The van der Waals surface area contributed by atoms with Crippen LogP contribution in [0, 0.1) is 17.3 Å². The standard InChI is InChI=1S/C17H33NO2/c1-5-17(2,3)14-6-7-15(18-4)16(10-14)20-12-13-8-9-19-11-13/h13-16,18H,5-12H2,1-4H3. The van der Waals surface area contributed by atoms with Gasteiger partial charge in [0.15, 0.2) is 0 Å². The van der Waals surface area contributed by atoms with Crippen molar-refractivity contribution in [2.45, 2.75) is 65.0 Å². The average Bonchev–Trinajstić information content (AvgIpc) is 2.98. The van der Waals surface area contributed by atoms with Crippen LogP contribution < -0.4 is 5.32 Å². The van der Waals surface area contributed by atoms with Crippen LogP contribution in [0.2, 0.25) is 0 Å². The Morgan fingerprint density at radius 2 is 2.05 bits per heavy atom. The minimum atomic E-state index is 0.380. The van der Waals surface area contributed by atoms with Crippen LogP contribution in [0.25, 0.3) is 0 Å². The monoisotopic (exact) mass is 283 g/mol. The molecule has 0 radical (unpaired) electrons. The molecule has 2 fully saturated rings. The molecule has 3 nitrogen and oxygen atoms in total. The second-order valence-corrected chi connectivity index (χ2v) is 7.35. The molecule has 0 bridgehead atoms. The summed E-state index contributed by atoms with van der Waals surface area (Å²) in [6.07, 6.45) is 6.59. The van der Waals surface area contributed by atoms with E-state index in [2.05, 4.69) is 33.1 Å². The van der Waals surface area contributed by atoms with E-state index in [1.807, 2.05) is 0 Å². The van der Waals surface area contributed by atoms with Gasteiger partial charge in [0.1, 0.15) is 0 Å². The van der Waals surface area contributed by atoms with Gasteiger partial charge in [0.2, 0.25) is 0 Å². The third kappa shape index (κ3) is 3.96. The maximum atomic E-state index is 6.30. The number of hydrogen-bond acceptors (Lipinski definition) is 3. The molecule has 1 saturated carbocycles. The van der Waals surface area contributed by atoms with Crippen LogP contribution in [-0.2, 0) is 9.47 Å².